The topological polar surface area (TPSA) is 48.0 Å². The fraction of sp³-hybridized carbons (Fsp3) is 0.588. The monoisotopic (exact) mass is 309 g/mol. The number of amides is 1. The molecule has 0 N–H and O–H groups in total. The van der Waals surface area contributed by atoms with Crippen LogP contribution in [-0.2, 0) is 17.7 Å². The SMILES string of the molecule is CCc1cc(OC)c(CN(C)C(=O)OC(C)(C)C)c(OC)c1. The molecule has 1 amide bonds. The van der Waals surface area contributed by atoms with Gasteiger partial charge in [0.1, 0.15) is 17.1 Å². The Hall–Kier alpha value is -1.91. The lowest BCUT2D eigenvalue weighted by atomic mass is 10.1. The van der Waals surface area contributed by atoms with Crippen LogP contribution in [-0.4, -0.2) is 37.9 Å². The first kappa shape index (κ1) is 18.1. The number of ether oxygens (including phenoxy) is 3. The molecule has 0 aliphatic carbocycles. The molecule has 0 aliphatic rings. The fourth-order valence-corrected chi connectivity index (χ4v) is 2.04. The Kier molecular flexibility index (Phi) is 6.09. The molecule has 0 bridgehead atoms. The van der Waals surface area contributed by atoms with E-state index in [1.54, 1.807) is 21.3 Å². The van der Waals surface area contributed by atoms with Crippen LogP contribution in [0.15, 0.2) is 12.1 Å². The molecule has 0 saturated carbocycles. The Morgan fingerprint density at radius 3 is 2.00 bits per heavy atom. The van der Waals surface area contributed by atoms with Crippen LogP contribution in [0, 0.1) is 0 Å². The van der Waals surface area contributed by atoms with E-state index < -0.39 is 5.60 Å². The van der Waals surface area contributed by atoms with Crippen molar-refractivity contribution in [2.24, 2.45) is 0 Å². The molecule has 1 aromatic carbocycles. The summed E-state index contributed by atoms with van der Waals surface area (Å²) in [5.74, 6) is 1.43. The highest BCUT2D eigenvalue weighted by molar-refractivity contribution is 5.68. The first-order chi connectivity index (χ1) is 10.2. The van der Waals surface area contributed by atoms with Crippen molar-refractivity contribution >= 4 is 6.09 Å². The van der Waals surface area contributed by atoms with Gasteiger partial charge in [-0.15, -0.1) is 0 Å². The largest absolute Gasteiger partial charge is 0.496 e. The summed E-state index contributed by atoms with van der Waals surface area (Å²) in [6, 6.07) is 3.95. The number of rotatable bonds is 5. The van der Waals surface area contributed by atoms with Gasteiger partial charge in [0, 0.05) is 7.05 Å². The van der Waals surface area contributed by atoms with Crippen LogP contribution in [0.5, 0.6) is 11.5 Å². The average molecular weight is 309 g/mol. The molecule has 1 rings (SSSR count). The zero-order valence-electron chi connectivity index (χ0n) is 14.6. The van der Waals surface area contributed by atoms with Crippen molar-refractivity contribution in [2.45, 2.75) is 46.3 Å². The Morgan fingerprint density at radius 2 is 1.64 bits per heavy atom. The van der Waals surface area contributed by atoms with E-state index >= 15 is 0 Å². The summed E-state index contributed by atoms with van der Waals surface area (Å²) in [7, 11) is 4.93. The molecule has 0 spiro atoms. The maximum Gasteiger partial charge on any atom is 0.410 e. The number of aryl methyl sites for hydroxylation is 1. The Labute approximate surface area is 133 Å². The third-order valence-electron chi connectivity index (χ3n) is 3.18. The molecular formula is C17H27NO4. The second-order valence-corrected chi connectivity index (χ2v) is 6.17. The third kappa shape index (κ3) is 4.83. The predicted octanol–water partition coefficient (Wildman–Crippen LogP) is 3.63. The first-order valence-corrected chi connectivity index (χ1v) is 7.39. The summed E-state index contributed by atoms with van der Waals surface area (Å²) < 4.78 is 16.3. The highest BCUT2D eigenvalue weighted by Crippen LogP contribution is 2.32. The van der Waals surface area contributed by atoms with Crippen LogP contribution in [0.2, 0.25) is 0 Å². The Morgan fingerprint density at radius 1 is 1.14 bits per heavy atom. The zero-order valence-corrected chi connectivity index (χ0v) is 14.6. The van der Waals surface area contributed by atoms with Gasteiger partial charge < -0.3 is 19.1 Å². The van der Waals surface area contributed by atoms with Crippen molar-refractivity contribution in [2.75, 3.05) is 21.3 Å². The van der Waals surface area contributed by atoms with E-state index in [-0.39, 0.29) is 6.09 Å². The molecule has 0 heterocycles. The van der Waals surface area contributed by atoms with Gasteiger partial charge in [-0.05, 0) is 44.9 Å². The number of benzene rings is 1. The summed E-state index contributed by atoms with van der Waals surface area (Å²) in [6.45, 7) is 7.95. The Balaban J connectivity index is 3.03. The van der Waals surface area contributed by atoms with Crippen LogP contribution in [0.4, 0.5) is 4.79 Å². The van der Waals surface area contributed by atoms with Crippen molar-refractivity contribution in [3.63, 3.8) is 0 Å². The number of methoxy groups -OCH3 is 2. The van der Waals surface area contributed by atoms with Gasteiger partial charge in [0.05, 0.1) is 26.3 Å². The molecule has 0 aliphatic heterocycles. The van der Waals surface area contributed by atoms with Crippen LogP contribution < -0.4 is 9.47 Å². The minimum Gasteiger partial charge on any atom is -0.496 e. The van der Waals surface area contributed by atoms with Gasteiger partial charge in [-0.2, -0.15) is 0 Å². The van der Waals surface area contributed by atoms with Gasteiger partial charge in [-0.3, -0.25) is 0 Å². The zero-order chi connectivity index (χ0) is 16.9. The highest BCUT2D eigenvalue weighted by Gasteiger charge is 2.22. The molecular weight excluding hydrogens is 282 g/mol. The average Bonchev–Trinajstić information content (AvgIpc) is 2.45. The molecule has 22 heavy (non-hydrogen) atoms. The van der Waals surface area contributed by atoms with Crippen LogP contribution in [0.25, 0.3) is 0 Å². The number of carbonyl (C=O) groups excluding carboxylic acids is 1. The Bertz CT molecular complexity index is 495. The lowest BCUT2D eigenvalue weighted by Crippen LogP contribution is -2.34. The van der Waals surface area contributed by atoms with E-state index in [0.717, 1.165) is 17.5 Å². The first-order valence-electron chi connectivity index (χ1n) is 7.39. The normalized spacial score (nSPS) is 11.0. The molecule has 0 unspecified atom stereocenters. The molecule has 0 aromatic heterocycles. The lowest BCUT2D eigenvalue weighted by Gasteiger charge is -2.25. The summed E-state index contributed by atoms with van der Waals surface area (Å²) in [5.41, 5.74) is 1.43. The predicted molar refractivity (Wildman–Crippen MR) is 86.6 cm³/mol. The summed E-state index contributed by atoms with van der Waals surface area (Å²) >= 11 is 0. The van der Waals surface area contributed by atoms with E-state index in [9.17, 15) is 4.79 Å². The summed E-state index contributed by atoms with van der Waals surface area (Å²) in [5, 5.41) is 0. The van der Waals surface area contributed by atoms with Gasteiger partial charge in [-0.25, -0.2) is 4.79 Å². The third-order valence-corrected chi connectivity index (χ3v) is 3.18. The summed E-state index contributed by atoms with van der Waals surface area (Å²) in [6.07, 6.45) is 0.505. The smallest absolute Gasteiger partial charge is 0.410 e. The molecule has 0 saturated heterocycles. The molecule has 5 heteroatoms. The molecule has 0 radical (unpaired) electrons. The molecule has 0 fully saturated rings. The van der Waals surface area contributed by atoms with Crippen molar-refractivity contribution in [1.29, 1.82) is 0 Å². The van der Waals surface area contributed by atoms with Crippen molar-refractivity contribution in [3.05, 3.63) is 23.3 Å². The van der Waals surface area contributed by atoms with Gasteiger partial charge in [-0.1, -0.05) is 6.92 Å². The molecule has 5 nitrogen and oxygen atoms in total. The van der Waals surface area contributed by atoms with Gasteiger partial charge in [0.15, 0.2) is 0 Å². The number of hydrogen-bond donors (Lipinski definition) is 0. The van der Waals surface area contributed by atoms with Crippen molar-refractivity contribution in [3.8, 4) is 11.5 Å². The number of carbonyl (C=O) groups is 1. The lowest BCUT2D eigenvalue weighted by molar-refractivity contribution is 0.0283. The maximum atomic E-state index is 12.1. The van der Waals surface area contributed by atoms with Crippen LogP contribution in [0.3, 0.4) is 0 Å². The van der Waals surface area contributed by atoms with E-state index in [1.807, 2.05) is 32.9 Å². The van der Waals surface area contributed by atoms with Crippen molar-refractivity contribution < 1.29 is 19.0 Å². The molecule has 1 aromatic rings. The molecule has 0 atom stereocenters. The van der Waals surface area contributed by atoms with Crippen molar-refractivity contribution in [1.82, 2.24) is 4.90 Å². The van der Waals surface area contributed by atoms with E-state index in [1.165, 1.54) is 4.90 Å². The second kappa shape index (κ2) is 7.38. The van der Waals surface area contributed by atoms with Gasteiger partial charge >= 0.3 is 6.09 Å². The standard InChI is InChI=1S/C17H27NO4/c1-8-12-9-14(20-6)13(15(10-12)21-7)11-18(5)16(19)22-17(2,3)4/h9-10H,8,11H2,1-7H3. The maximum absolute atomic E-state index is 12.1. The van der Waals surface area contributed by atoms with E-state index in [0.29, 0.717) is 18.0 Å². The quantitative estimate of drug-likeness (QED) is 0.833. The van der Waals surface area contributed by atoms with E-state index in [2.05, 4.69) is 6.92 Å². The van der Waals surface area contributed by atoms with E-state index in [4.69, 9.17) is 14.2 Å². The minimum absolute atomic E-state index is 0.352. The van der Waals surface area contributed by atoms with Gasteiger partial charge in [0.2, 0.25) is 0 Å². The number of hydrogen-bond acceptors (Lipinski definition) is 4. The summed E-state index contributed by atoms with van der Waals surface area (Å²) in [4.78, 5) is 13.6. The van der Waals surface area contributed by atoms with Gasteiger partial charge in [0.25, 0.3) is 0 Å². The highest BCUT2D eigenvalue weighted by atomic mass is 16.6. The fourth-order valence-electron chi connectivity index (χ4n) is 2.04. The second-order valence-electron chi connectivity index (χ2n) is 6.17. The van der Waals surface area contributed by atoms with Crippen LogP contribution in [0.1, 0.15) is 38.8 Å². The number of nitrogens with zero attached hydrogens (tertiary/aromatic N) is 1. The minimum atomic E-state index is -0.522. The molecule has 124 valence electrons. The van der Waals surface area contributed by atoms with Crippen LogP contribution >= 0.6 is 0 Å².